The van der Waals surface area contributed by atoms with Crippen molar-refractivity contribution in [3.8, 4) is 12.1 Å². The summed E-state index contributed by atoms with van der Waals surface area (Å²) in [7, 11) is 0. The van der Waals surface area contributed by atoms with Crippen molar-refractivity contribution in [1.82, 2.24) is 9.97 Å². The minimum Gasteiger partial charge on any atom is -0.326 e. The van der Waals surface area contributed by atoms with Crippen molar-refractivity contribution in [2.24, 2.45) is 0 Å². The van der Waals surface area contributed by atoms with Crippen LogP contribution in [-0.2, 0) is 0 Å². The molecule has 0 aliphatic rings. The SMILES string of the molecule is N#Cc1nc(C(=O)C(F)(F)F)[nH]c1C#N. The molecule has 1 N–H and O–H groups in total. The van der Waals surface area contributed by atoms with Gasteiger partial charge in [0.2, 0.25) is 0 Å². The summed E-state index contributed by atoms with van der Waals surface area (Å²) in [5, 5.41) is 16.8. The number of aromatic nitrogens is 2. The van der Waals surface area contributed by atoms with Crippen LogP contribution in [0.3, 0.4) is 0 Å². The van der Waals surface area contributed by atoms with E-state index in [0.717, 1.165) is 0 Å². The van der Waals surface area contributed by atoms with Crippen molar-refractivity contribution >= 4 is 5.78 Å². The summed E-state index contributed by atoms with van der Waals surface area (Å²) in [4.78, 5) is 15.5. The van der Waals surface area contributed by atoms with Gasteiger partial charge >= 0.3 is 12.0 Å². The van der Waals surface area contributed by atoms with E-state index >= 15 is 0 Å². The van der Waals surface area contributed by atoms with Crippen LogP contribution in [0.25, 0.3) is 0 Å². The molecule has 1 heterocycles. The molecule has 0 radical (unpaired) electrons. The lowest BCUT2D eigenvalue weighted by Gasteiger charge is -2.00. The molecule has 0 aliphatic heterocycles. The second-order valence-corrected chi connectivity index (χ2v) is 2.36. The fourth-order valence-electron chi connectivity index (χ4n) is 0.777. The third-order valence-corrected chi connectivity index (χ3v) is 1.39. The van der Waals surface area contributed by atoms with E-state index in [2.05, 4.69) is 4.98 Å². The molecule has 0 saturated carbocycles. The van der Waals surface area contributed by atoms with Crippen LogP contribution in [-0.4, -0.2) is 21.9 Å². The predicted molar refractivity (Wildman–Crippen MR) is 38.4 cm³/mol. The van der Waals surface area contributed by atoms with Gasteiger partial charge in [0.15, 0.2) is 17.2 Å². The highest BCUT2D eigenvalue weighted by Gasteiger charge is 2.41. The number of nitrogens with zero attached hydrogens (tertiary/aromatic N) is 3. The van der Waals surface area contributed by atoms with E-state index in [-0.39, 0.29) is 0 Å². The van der Waals surface area contributed by atoms with Gasteiger partial charge in [0.1, 0.15) is 12.1 Å². The summed E-state index contributed by atoms with van der Waals surface area (Å²) in [5.41, 5.74) is -1.00. The molecule has 0 aromatic carbocycles. The first kappa shape index (κ1) is 10.7. The van der Waals surface area contributed by atoms with Crippen molar-refractivity contribution in [2.45, 2.75) is 6.18 Å². The molecule has 0 bridgehead atoms. The standard InChI is InChI=1S/C7HF3N4O/c8-7(9,10)5(15)6-13-3(1-11)4(2-12)14-6/h(H,13,14). The Hall–Kier alpha value is -2.35. The number of carbonyl (C=O) groups excluding carboxylic acids is 1. The smallest absolute Gasteiger partial charge is 0.326 e. The van der Waals surface area contributed by atoms with Gasteiger partial charge in [-0.15, -0.1) is 0 Å². The third kappa shape index (κ3) is 1.94. The van der Waals surface area contributed by atoms with Gasteiger partial charge in [-0.25, -0.2) is 4.98 Å². The maximum Gasteiger partial charge on any atom is 0.458 e. The summed E-state index contributed by atoms with van der Waals surface area (Å²) < 4.78 is 35.7. The van der Waals surface area contributed by atoms with Gasteiger partial charge in [-0.1, -0.05) is 0 Å². The Morgan fingerprint density at radius 2 is 1.93 bits per heavy atom. The van der Waals surface area contributed by atoms with E-state index in [1.807, 2.05) is 4.98 Å². The molecule has 0 fully saturated rings. The van der Waals surface area contributed by atoms with Crippen molar-refractivity contribution in [3.63, 3.8) is 0 Å². The predicted octanol–water partition coefficient (Wildman–Crippen LogP) is 0.898. The van der Waals surface area contributed by atoms with E-state index in [9.17, 15) is 18.0 Å². The number of nitrogens with one attached hydrogen (secondary N) is 1. The number of imidazole rings is 1. The zero-order valence-electron chi connectivity index (χ0n) is 6.88. The van der Waals surface area contributed by atoms with E-state index in [0.29, 0.717) is 0 Å². The van der Waals surface area contributed by atoms with Crippen molar-refractivity contribution in [1.29, 1.82) is 10.5 Å². The number of carbonyl (C=O) groups is 1. The van der Waals surface area contributed by atoms with Gasteiger partial charge in [-0.2, -0.15) is 23.7 Å². The first-order valence-corrected chi connectivity index (χ1v) is 3.42. The highest BCUT2D eigenvalue weighted by Crippen LogP contribution is 2.20. The normalized spacial score (nSPS) is 10.5. The molecule has 0 saturated heterocycles. The minimum atomic E-state index is -5.09. The number of alkyl halides is 3. The number of Topliss-reactive ketones (excluding diaryl/α,β-unsaturated/α-hetero) is 1. The quantitative estimate of drug-likeness (QED) is 0.702. The Morgan fingerprint density at radius 3 is 2.27 bits per heavy atom. The number of nitriles is 2. The largest absolute Gasteiger partial charge is 0.458 e. The molecule has 1 aromatic rings. The Kier molecular flexibility index (Phi) is 2.45. The first-order chi connectivity index (χ1) is 6.90. The molecular weight excluding hydrogens is 213 g/mol. The van der Waals surface area contributed by atoms with E-state index in [4.69, 9.17) is 10.5 Å². The van der Waals surface area contributed by atoms with Crippen LogP contribution in [0.2, 0.25) is 0 Å². The zero-order valence-corrected chi connectivity index (χ0v) is 6.88. The molecule has 0 aliphatic carbocycles. The van der Waals surface area contributed by atoms with Gasteiger partial charge in [0.25, 0.3) is 0 Å². The van der Waals surface area contributed by atoms with Crippen molar-refractivity contribution in [3.05, 3.63) is 17.2 Å². The fourth-order valence-corrected chi connectivity index (χ4v) is 0.777. The topological polar surface area (TPSA) is 93.3 Å². The highest BCUT2D eigenvalue weighted by atomic mass is 19.4. The lowest BCUT2D eigenvalue weighted by molar-refractivity contribution is -0.0891. The zero-order chi connectivity index (χ0) is 11.6. The second kappa shape index (κ2) is 3.42. The number of halogens is 3. The van der Waals surface area contributed by atoms with Crippen LogP contribution in [0, 0.1) is 22.7 Å². The van der Waals surface area contributed by atoms with E-state index in [1.165, 1.54) is 12.1 Å². The number of ketones is 1. The van der Waals surface area contributed by atoms with E-state index in [1.54, 1.807) is 0 Å². The Labute approximate surface area is 80.8 Å². The molecule has 0 amide bonds. The number of H-pyrrole nitrogens is 1. The lowest BCUT2D eigenvalue weighted by Crippen LogP contribution is -2.23. The van der Waals surface area contributed by atoms with Crippen LogP contribution in [0.15, 0.2) is 0 Å². The summed E-state index contributed by atoms with van der Waals surface area (Å²) >= 11 is 0. The van der Waals surface area contributed by atoms with Crippen LogP contribution >= 0.6 is 0 Å². The molecule has 8 heteroatoms. The molecule has 0 spiro atoms. The van der Waals surface area contributed by atoms with Crippen LogP contribution in [0.1, 0.15) is 22.0 Å². The van der Waals surface area contributed by atoms with Crippen LogP contribution in [0.4, 0.5) is 13.2 Å². The van der Waals surface area contributed by atoms with E-state index < -0.39 is 29.2 Å². The van der Waals surface area contributed by atoms with Crippen molar-refractivity contribution in [2.75, 3.05) is 0 Å². The molecule has 1 rings (SSSR count). The minimum absolute atomic E-state index is 0.467. The van der Waals surface area contributed by atoms with Gasteiger partial charge in [0.05, 0.1) is 0 Å². The van der Waals surface area contributed by atoms with Gasteiger partial charge < -0.3 is 4.98 Å². The molecule has 5 nitrogen and oxygen atoms in total. The van der Waals surface area contributed by atoms with Gasteiger partial charge in [0, 0.05) is 0 Å². The number of hydrogen-bond acceptors (Lipinski definition) is 4. The van der Waals surface area contributed by atoms with Gasteiger partial charge in [-0.3, -0.25) is 4.79 Å². The maximum absolute atomic E-state index is 11.9. The molecule has 0 atom stereocenters. The fraction of sp³-hybridized carbons (Fsp3) is 0.143. The molecule has 76 valence electrons. The lowest BCUT2D eigenvalue weighted by atomic mass is 10.4. The summed E-state index contributed by atoms with van der Waals surface area (Å²) in [6, 6.07) is 2.80. The van der Waals surface area contributed by atoms with Crippen LogP contribution < -0.4 is 0 Å². The van der Waals surface area contributed by atoms with Gasteiger partial charge in [-0.05, 0) is 0 Å². The van der Waals surface area contributed by atoms with Crippen molar-refractivity contribution < 1.29 is 18.0 Å². The Bertz CT molecular complexity index is 456. The Morgan fingerprint density at radius 1 is 1.33 bits per heavy atom. The van der Waals surface area contributed by atoms with Crippen LogP contribution in [0.5, 0.6) is 0 Å². The monoisotopic (exact) mass is 214 g/mol. The molecule has 15 heavy (non-hydrogen) atoms. The highest BCUT2D eigenvalue weighted by molar-refractivity contribution is 5.97. The number of aromatic amines is 1. The summed E-state index contributed by atoms with van der Waals surface area (Å²) in [5.74, 6) is -3.28. The third-order valence-electron chi connectivity index (χ3n) is 1.39. The molecular formula is C7HF3N4O. The second-order valence-electron chi connectivity index (χ2n) is 2.36. The molecule has 1 aromatic heterocycles. The molecule has 0 unspecified atom stereocenters. The number of rotatable bonds is 1. The Balaban J connectivity index is 3.21. The maximum atomic E-state index is 11.9. The number of hydrogen-bond donors (Lipinski definition) is 1. The summed E-state index contributed by atoms with van der Waals surface area (Å²) in [6.07, 6.45) is -5.09. The summed E-state index contributed by atoms with van der Waals surface area (Å²) in [6.45, 7) is 0. The average molecular weight is 214 g/mol. The average Bonchev–Trinajstić information content (AvgIpc) is 2.57. The first-order valence-electron chi connectivity index (χ1n) is 3.42.